The Bertz CT molecular complexity index is 186. The largest absolute Gasteiger partial charge is 1.00 e. The Labute approximate surface area is 128 Å². The number of halogens is 2. The summed E-state index contributed by atoms with van der Waals surface area (Å²) in [6, 6.07) is 0. The van der Waals surface area contributed by atoms with E-state index in [1.807, 2.05) is 12.2 Å². The predicted octanol–water partition coefficient (Wildman–Crippen LogP) is -2.28. The van der Waals surface area contributed by atoms with Crippen LogP contribution in [0.25, 0.3) is 0 Å². The Morgan fingerprint density at radius 3 is 1.62 bits per heavy atom. The molecule has 0 nitrogen and oxygen atoms in total. The number of hydrogen-bond acceptors (Lipinski definition) is 0. The van der Waals surface area contributed by atoms with Gasteiger partial charge in [-0.2, -0.15) is 6.08 Å². The zero-order valence-corrected chi connectivity index (χ0v) is 15.0. The van der Waals surface area contributed by atoms with Gasteiger partial charge in [-0.25, -0.2) is 12.2 Å². The van der Waals surface area contributed by atoms with Crippen LogP contribution >= 0.6 is 9.24 Å². The summed E-state index contributed by atoms with van der Waals surface area (Å²) in [5, 5.41) is 0.417. The standard InChI is InChI=1S/C5H5.C4H11P.C3H6.2ClH.Ti/c1-2-4-5-3-1;1-4(2,3)5;1-3-2;;;/h1-3H,4H2;5H2,1-3H3;1-2H3;2*1H;/q-1;;;;;+2/p-2. The van der Waals surface area contributed by atoms with Gasteiger partial charge in [-0.05, 0) is 5.16 Å². The van der Waals surface area contributed by atoms with Gasteiger partial charge in [0.15, 0.2) is 0 Å². The van der Waals surface area contributed by atoms with Crippen LogP contribution in [0.2, 0.25) is 0 Å². The molecular weight excluding hydrogens is 294 g/mol. The van der Waals surface area contributed by atoms with E-state index in [4.69, 9.17) is 0 Å². The first-order chi connectivity index (χ1) is 6.23. The average molecular weight is 316 g/mol. The topological polar surface area (TPSA) is 0 Å². The van der Waals surface area contributed by atoms with E-state index >= 15 is 0 Å². The molecule has 0 heterocycles. The van der Waals surface area contributed by atoms with E-state index < -0.39 is 0 Å². The van der Waals surface area contributed by atoms with Gasteiger partial charge in [-0.1, -0.05) is 20.8 Å². The molecule has 1 atom stereocenters. The van der Waals surface area contributed by atoms with Gasteiger partial charge in [-0.15, -0.1) is 15.7 Å². The van der Waals surface area contributed by atoms with Gasteiger partial charge < -0.3 is 24.8 Å². The van der Waals surface area contributed by atoms with Crippen LogP contribution in [-0.4, -0.2) is 8.97 Å². The van der Waals surface area contributed by atoms with Crippen molar-refractivity contribution in [2.24, 2.45) is 0 Å². The van der Waals surface area contributed by atoms with Gasteiger partial charge in [0.25, 0.3) is 0 Å². The second-order valence-corrected chi connectivity index (χ2v) is 7.66. The third-order valence-electron chi connectivity index (χ3n) is 0.586. The first kappa shape index (κ1) is 25.8. The van der Waals surface area contributed by atoms with E-state index in [9.17, 15) is 0 Å². The maximum Gasteiger partial charge on any atom is -0.109 e. The maximum absolute atomic E-state index is 2.99. The summed E-state index contributed by atoms with van der Waals surface area (Å²) < 4.78 is 1.42. The van der Waals surface area contributed by atoms with Crippen molar-refractivity contribution in [1.29, 1.82) is 0 Å². The minimum absolute atomic E-state index is 0. The Kier molecular flexibility index (Phi) is 25.9. The summed E-state index contributed by atoms with van der Waals surface area (Å²) in [5.74, 6) is 0. The minimum Gasteiger partial charge on any atom is -1.00 e. The van der Waals surface area contributed by atoms with Gasteiger partial charge in [-0.3, -0.25) is 6.08 Å². The van der Waals surface area contributed by atoms with E-state index in [2.05, 4.69) is 76.0 Å². The molecule has 0 N–H and O–H groups in total. The normalized spacial score (nSPS) is 11.0. The number of hydrogen-bond donors (Lipinski definition) is 0. The molecule has 0 aromatic heterocycles. The molecular formula is C12H22Cl2PTi-. The van der Waals surface area contributed by atoms with Gasteiger partial charge in [0.1, 0.15) is 0 Å². The fourth-order valence-corrected chi connectivity index (χ4v) is 0.340. The molecule has 1 aliphatic carbocycles. The van der Waals surface area contributed by atoms with Crippen molar-refractivity contribution in [2.45, 2.75) is 46.2 Å². The molecule has 0 bridgehead atoms. The van der Waals surface area contributed by atoms with Crippen LogP contribution in [0.4, 0.5) is 0 Å². The number of allylic oxidation sites excluding steroid dienone is 4. The molecule has 0 fully saturated rings. The zero-order valence-electron chi connectivity index (χ0n) is 10.8. The Morgan fingerprint density at radius 1 is 1.25 bits per heavy atom. The summed E-state index contributed by atoms with van der Waals surface area (Å²) in [6.45, 7) is 10.6. The van der Waals surface area contributed by atoms with Crippen LogP contribution in [0.3, 0.4) is 0 Å². The van der Waals surface area contributed by atoms with Gasteiger partial charge in [0.2, 0.25) is 0 Å². The molecule has 1 rings (SSSR count). The van der Waals surface area contributed by atoms with E-state index in [1.165, 1.54) is 3.81 Å². The third kappa shape index (κ3) is 80.9. The summed E-state index contributed by atoms with van der Waals surface area (Å²) in [7, 11) is 2.72. The maximum atomic E-state index is 2.99. The summed E-state index contributed by atoms with van der Waals surface area (Å²) in [5.41, 5.74) is 0. The molecule has 4 heteroatoms. The van der Waals surface area contributed by atoms with Crippen molar-refractivity contribution < 1.29 is 44.8 Å². The molecule has 0 saturated carbocycles. The molecule has 0 radical (unpaired) electrons. The second-order valence-electron chi connectivity index (χ2n) is 4.37. The summed E-state index contributed by atoms with van der Waals surface area (Å²) in [4.78, 5) is 0. The van der Waals surface area contributed by atoms with Crippen LogP contribution in [-0.2, 0) is 20.0 Å². The fraction of sp³-hybridized carbons (Fsp3) is 0.583. The quantitative estimate of drug-likeness (QED) is 0.268. The van der Waals surface area contributed by atoms with E-state index in [0.29, 0.717) is 5.16 Å². The first-order valence-electron chi connectivity index (χ1n) is 4.76. The zero-order chi connectivity index (χ0) is 11.6. The SMILES string of the molecule is CC(C)(C)P.C[C](C)=[Ti+2].[C-]1=CC=CC1.[Cl-].[Cl-]. The molecule has 94 valence electrons. The molecule has 0 aliphatic heterocycles. The van der Waals surface area contributed by atoms with Crippen LogP contribution in [0.1, 0.15) is 41.0 Å². The van der Waals surface area contributed by atoms with Crippen molar-refractivity contribution in [2.75, 3.05) is 0 Å². The van der Waals surface area contributed by atoms with E-state index in [0.717, 1.165) is 6.42 Å². The van der Waals surface area contributed by atoms with Crippen molar-refractivity contribution in [3.63, 3.8) is 0 Å². The van der Waals surface area contributed by atoms with E-state index in [-0.39, 0.29) is 24.8 Å². The molecule has 1 unspecified atom stereocenters. The van der Waals surface area contributed by atoms with Crippen molar-refractivity contribution in [3.05, 3.63) is 24.3 Å². The number of rotatable bonds is 0. The molecule has 16 heavy (non-hydrogen) atoms. The minimum atomic E-state index is 0. The van der Waals surface area contributed by atoms with E-state index in [1.54, 1.807) is 0 Å². The van der Waals surface area contributed by atoms with Crippen LogP contribution in [0, 0.1) is 6.08 Å². The summed E-state index contributed by atoms with van der Waals surface area (Å²) >= 11 is 2.08. The molecule has 0 amide bonds. The predicted molar refractivity (Wildman–Crippen MR) is 67.4 cm³/mol. The monoisotopic (exact) mass is 315 g/mol. The molecule has 0 spiro atoms. The first-order valence-corrected chi connectivity index (χ1v) is 6.11. The Hall–Kier alpha value is 1.07. The van der Waals surface area contributed by atoms with Gasteiger partial charge in [0.05, 0.1) is 0 Å². The van der Waals surface area contributed by atoms with Crippen LogP contribution < -0.4 is 24.8 Å². The average Bonchev–Trinajstić information content (AvgIpc) is 2.32. The fourth-order valence-electron chi connectivity index (χ4n) is 0.340. The Morgan fingerprint density at radius 2 is 1.56 bits per heavy atom. The van der Waals surface area contributed by atoms with Gasteiger partial charge in [0, 0.05) is 0 Å². The van der Waals surface area contributed by atoms with Crippen molar-refractivity contribution in [1.82, 2.24) is 0 Å². The summed E-state index contributed by atoms with van der Waals surface area (Å²) in [6.07, 6.45) is 10.0. The molecule has 0 aromatic rings. The third-order valence-corrected chi connectivity index (χ3v) is 0.586. The Balaban J connectivity index is -0.0000000641. The van der Waals surface area contributed by atoms with Crippen LogP contribution in [0.15, 0.2) is 18.2 Å². The van der Waals surface area contributed by atoms with Crippen molar-refractivity contribution >= 4 is 13.1 Å². The molecule has 0 saturated heterocycles. The smallest absolute Gasteiger partial charge is 0.109 e. The van der Waals surface area contributed by atoms with Crippen molar-refractivity contribution in [3.8, 4) is 0 Å². The molecule has 1 aliphatic rings. The van der Waals surface area contributed by atoms with Gasteiger partial charge >= 0.3 is 37.6 Å². The van der Waals surface area contributed by atoms with Crippen LogP contribution in [0.5, 0.6) is 0 Å². The molecule has 0 aromatic carbocycles. The second kappa shape index (κ2) is 16.1.